The molecule has 1 aliphatic rings. The molecule has 6 nitrogen and oxygen atoms in total. The van der Waals surface area contributed by atoms with Crippen LogP contribution in [-0.2, 0) is 0 Å². The number of imidazole rings is 1. The normalized spacial score (nSPS) is 14.7. The van der Waals surface area contributed by atoms with Gasteiger partial charge in [0.1, 0.15) is 17.6 Å². The molecule has 1 aliphatic heterocycles. The van der Waals surface area contributed by atoms with Gasteiger partial charge in [0.25, 0.3) is 5.91 Å². The number of piperidine rings is 1. The van der Waals surface area contributed by atoms with Gasteiger partial charge in [0.05, 0.1) is 11.3 Å². The quantitative estimate of drug-likeness (QED) is 0.701. The highest BCUT2D eigenvalue weighted by atomic mass is 19.3. The molecule has 1 amide bonds. The molecule has 0 atom stereocenters. The Balaban J connectivity index is 1.64. The lowest BCUT2D eigenvalue weighted by Gasteiger charge is -2.26. The Morgan fingerprint density at radius 2 is 1.93 bits per heavy atom. The zero-order chi connectivity index (χ0) is 18.8. The first-order valence-corrected chi connectivity index (χ1v) is 8.79. The number of hydrogen-bond donors (Lipinski definition) is 0. The molecule has 0 bridgehead atoms. The van der Waals surface area contributed by atoms with Crippen molar-refractivity contribution in [2.45, 2.75) is 25.9 Å². The van der Waals surface area contributed by atoms with E-state index < -0.39 is 6.61 Å². The summed E-state index contributed by atoms with van der Waals surface area (Å²) in [5.74, 6) is 0.0206. The van der Waals surface area contributed by atoms with Crippen molar-refractivity contribution < 1.29 is 18.3 Å². The van der Waals surface area contributed by atoms with Crippen LogP contribution in [0.15, 0.2) is 42.9 Å². The summed E-state index contributed by atoms with van der Waals surface area (Å²) in [5, 5.41) is 0. The molecule has 3 aromatic rings. The molecule has 3 heterocycles. The van der Waals surface area contributed by atoms with Crippen molar-refractivity contribution in [3.05, 3.63) is 48.4 Å². The fourth-order valence-electron chi connectivity index (χ4n) is 3.30. The summed E-state index contributed by atoms with van der Waals surface area (Å²) >= 11 is 0. The number of amides is 1. The monoisotopic (exact) mass is 372 g/mol. The molecule has 140 valence electrons. The minimum Gasteiger partial charge on any atom is -0.435 e. The van der Waals surface area contributed by atoms with Crippen LogP contribution in [0.2, 0.25) is 0 Å². The molecule has 8 heteroatoms. The molecule has 0 spiro atoms. The van der Waals surface area contributed by atoms with Crippen LogP contribution >= 0.6 is 0 Å². The molecule has 0 aliphatic carbocycles. The SMILES string of the molecule is O=C(c1cnc2c(c1)ncn2-c1cccc(OC(F)F)c1)N1CCCCC1. The van der Waals surface area contributed by atoms with E-state index in [0.717, 1.165) is 32.4 Å². The van der Waals surface area contributed by atoms with Crippen LogP contribution in [0.4, 0.5) is 8.78 Å². The molecule has 1 aromatic carbocycles. The second-order valence-corrected chi connectivity index (χ2v) is 6.41. The van der Waals surface area contributed by atoms with E-state index in [-0.39, 0.29) is 11.7 Å². The first-order chi connectivity index (χ1) is 13.1. The summed E-state index contributed by atoms with van der Waals surface area (Å²) in [7, 11) is 0. The average molecular weight is 372 g/mol. The Labute approximate surface area is 154 Å². The number of hydrogen-bond acceptors (Lipinski definition) is 4. The largest absolute Gasteiger partial charge is 0.435 e. The Morgan fingerprint density at radius 1 is 1.11 bits per heavy atom. The van der Waals surface area contributed by atoms with E-state index in [0.29, 0.717) is 22.4 Å². The lowest BCUT2D eigenvalue weighted by Crippen LogP contribution is -2.35. The lowest BCUT2D eigenvalue weighted by molar-refractivity contribution is -0.0498. The molecule has 27 heavy (non-hydrogen) atoms. The van der Waals surface area contributed by atoms with Gasteiger partial charge in [0.15, 0.2) is 5.65 Å². The summed E-state index contributed by atoms with van der Waals surface area (Å²) in [5.41, 5.74) is 2.21. The van der Waals surface area contributed by atoms with Crippen LogP contribution in [0.25, 0.3) is 16.9 Å². The van der Waals surface area contributed by atoms with E-state index in [4.69, 9.17) is 0 Å². The number of fused-ring (bicyclic) bond motifs is 1. The first-order valence-electron chi connectivity index (χ1n) is 8.79. The number of benzene rings is 1. The maximum atomic E-state index is 12.6. The van der Waals surface area contributed by atoms with Crippen molar-refractivity contribution >= 4 is 17.1 Å². The molecule has 4 rings (SSSR count). The summed E-state index contributed by atoms with van der Waals surface area (Å²) in [6.45, 7) is -1.36. The molecule has 0 radical (unpaired) electrons. The molecule has 1 saturated heterocycles. The third-order valence-electron chi connectivity index (χ3n) is 4.60. The Bertz CT molecular complexity index is 967. The van der Waals surface area contributed by atoms with Crippen LogP contribution < -0.4 is 4.74 Å². The number of nitrogens with zero attached hydrogens (tertiary/aromatic N) is 4. The summed E-state index contributed by atoms with van der Waals surface area (Å²) in [6.07, 6.45) is 6.28. The van der Waals surface area contributed by atoms with Crippen LogP contribution in [0.3, 0.4) is 0 Å². The van der Waals surface area contributed by atoms with E-state index >= 15 is 0 Å². The number of likely N-dealkylation sites (tertiary alicyclic amines) is 1. The van der Waals surface area contributed by atoms with Crippen LogP contribution in [-0.4, -0.2) is 45.0 Å². The smallest absolute Gasteiger partial charge is 0.387 e. The topological polar surface area (TPSA) is 60.3 Å². The highest BCUT2D eigenvalue weighted by molar-refractivity contribution is 5.96. The van der Waals surface area contributed by atoms with Gasteiger partial charge in [-0.15, -0.1) is 0 Å². The molecule has 1 fully saturated rings. The van der Waals surface area contributed by atoms with Crippen molar-refractivity contribution in [1.82, 2.24) is 19.4 Å². The summed E-state index contributed by atoms with van der Waals surface area (Å²) < 4.78 is 31.0. The zero-order valence-corrected chi connectivity index (χ0v) is 14.5. The predicted molar refractivity (Wildman–Crippen MR) is 95.3 cm³/mol. The van der Waals surface area contributed by atoms with Crippen LogP contribution in [0.1, 0.15) is 29.6 Å². The van der Waals surface area contributed by atoms with Gasteiger partial charge in [-0.1, -0.05) is 6.07 Å². The van der Waals surface area contributed by atoms with Crippen molar-refractivity contribution in [3.8, 4) is 11.4 Å². The van der Waals surface area contributed by atoms with Crippen molar-refractivity contribution in [3.63, 3.8) is 0 Å². The Hall–Kier alpha value is -3.03. The van der Waals surface area contributed by atoms with Gasteiger partial charge in [0, 0.05) is 25.4 Å². The van der Waals surface area contributed by atoms with Gasteiger partial charge in [-0.2, -0.15) is 8.78 Å². The molecule has 2 aromatic heterocycles. The van der Waals surface area contributed by atoms with Crippen molar-refractivity contribution in [2.75, 3.05) is 13.1 Å². The zero-order valence-electron chi connectivity index (χ0n) is 14.5. The van der Waals surface area contributed by atoms with Crippen LogP contribution in [0.5, 0.6) is 5.75 Å². The molecular formula is C19H18F2N4O2. The Morgan fingerprint density at radius 3 is 2.70 bits per heavy atom. The number of halogens is 2. The average Bonchev–Trinajstić information content (AvgIpc) is 3.11. The van der Waals surface area contributed by atoms with Gasteiger partial charge in [-0.05, 0) is 37.5 Å². The van der Waals surface area contributed by atoms with E-state index in [1.54, 1.807) is 29.1 Å². The molecule has 0 unspecified atom stereocenters. The maximum absolute atomic E-state index is 12.6. The number of ether oxygens (including phenoxy) is 1. The van der Waals surface area contributed by atoms with Gasteiger partial charge < -0.3 is 9.64 Å². The van der Waals surface area contributed by atoms with Gasteiger partial charge in [0.2, 0.25) is 0 Å². The third kappa shape index (κ3) is 3.60. The minimum absolute atomic E-state index is 0.0361. The third-order valence-corrected chi connectivity index (χ3v) is 4.60. The van der Waals surface area contributed by atoms with Crippen molar-refractivity contribution in [2.24, 2.45) is 0 Å². The Kier molecular flexibility index (Phi) is 4.70. The molecule has 0 N–H and O–H groups in total. The number of alkyl halides is 2. The first kappa shape index (κ1) is 17.4. The predicted octanol–water partition coefficient (Wildman–Crippen LogP) is 3.65. The number of carbonyl (C=O) groups is 1. The van der Waals surface area contributed by atoms with E-state index in [9.17, 15) is 13.6 Å². The number of aromatic nitrogens is 3. The second kappa shape index (κ2) is 7.30. The molecular weight excluding hydrogens is 354 g/mol. The fraction of sp³-hybridized carbons (Fsp3) is 0.316. The van der Waals surface area contributed by atoms with E-state index in [1.165, 1.54) is 18.3 Å². The van der Waals surface area contributed by atoms with Gasteiger partial charge in [-0.3, -0.25) is 9.36 Å². The van der Waals surface area contributed by atoms with E-state index in [2.05, 4.69) is 14.7 Å². The second-order valence-electron chi connectivity index (χ2n) is 6.41. The standard InChI is InChI=1S/C19H18F2N4O2/c20-19(21)27-15-6-4-5-14(10-15)25-12-23-16-9-13(11-22-17(16)25)18(26)24-7-2-1-3-8-24/h4-6,9-12,19H,1-3,7-8H2. The van der Waals surface area contributed by atoms with Gasteiger partial charge in [-0.25, -0.2) is 9.97 Å². The summed E-state index contributed by atoms with van der Waals surface area (Å²) in [6, 6.07) is 8.02. The van der Waals surface area contributed by atoms with E-state index in [1.807, 2.05) is 4.90 Å². The highest BCUT2D eigenvalue weighted by Gasteiger charge is 2.19. The fourth-order valence-corrected chi connectivity index (χ4v) is 3.30. The highest BCUT2D eigenvalue weighted by Crippen LogP contribution is 2.23. The van der Waals surface area contributed by atoms with Crippen molar-refractivity contribution in [1.29, 1.82) is 0 Å². The van der Waals surface area contributed by atoms with Gasteiger partial charge >= 0.3 is 6.61 Å². The number of rotatable bonds is 4. The molecule has 0 saturated carbocycles. The number of carbonyl (C=O) groups excluding carboxylic acids is 1. The minimum atomic E-state index is -2.89. The number of pyridine rings is 1. The lowest BCUT2D eigenvalue weighted by atomic mass is 10.1. The summed E-state index contributed by atoms with van der Waals surface area (Å²) in [4.78, 5) is 23.2. The van der Waals surface area contributed by atoms with Crippen LogP contribution in [0, 0.1) is 0 Å². The maximum Gasteiger partial charge on any atom is 0.387 e.